The summed E-state index contributed by atoms with van der Waals surface area (Å²) >= 11 is 0. The normalized spacial score (nSPS) is 13.9. The molecule has 0 aliphatic heterocycles. The first kappa shape index (κ1) is 14.1. The first-order chi connectivity index (χ1) is 8.96. The molecule has 0 aliphatic rings. The fraction of sp³-hybridized carbons (Fsp3) is 0.500. The van der Waals surface area contributed by atoms with Gasteiger partial charge in [0.25, 0.3) is 0 Å². The first-order valence-corrected chi connectivity index (χ1v) is 6.99. The van der Waals surface area contributed by atoms with Gasteiger partial charge in [0.05, 0.1) is 0 Å². The van der Waals surface area contributed by atoms with E-state index in [9.17, 15) is 0 Å². The maximum atomic E-state index is 3.57. The predicted octanol–water partition coefficient (Wildman–Crippen LogP) is 3.03. The smallest absolute Gasteiger partial charge is 0.0499 e. The zero-order valence-electron chi connectivity index (χ0n) is 12.4. The zero-order valence-corrected chi connectivity index (χ0v) is 12.4. The molecule has 0 amide bonds. The first-order valence-electron chi connectivity index (χ1n) is 6.99. The van der Waals surface area contributed by atoms with Gasteiger partial charge in [-0.05, 0) is 44.7 Å². The number of H-pyrrole nitrogens is 1. The van der Waals surface area contributed by atoms with Crippen LogP contribution in [-0.4, -0.2) is 23.1 Å². The van der Waals surface area contributed by atoms with Gasteiger partial charge in [-0.1, -0.05) is 18.2 Å². The highest BCUT2D eigenvalue weighted by molar-refractivity contribution is 5.82. The largest absolute Gasteiger partial charge is 0.361 e. The van der Waals surface area contributed by atoms with Gasteiger partial charge in [0.2, 0.25) is 0 Å². The molecule has 1 unspecified atom stereocenters. The average Bonchev–Trinajstić information content (AvgIpc) is 2.81. The van der Waals surface area contributed by atoms with E-state index in [1.54, 1.807) is 0 Å². The third-order valence-corrected chi connectivity index (χ3v) is 3.25. The Morgan fingerprint density at radius 2 is 2.00 bits per heavy atom. The molecule has 1 atom stereocenters. The fourth-order valence-corrected chi connectivity index (χ4v) is 2.11. The molecule has 0 radical (unpaired) electrons. The van der Waals surface area contributed by atoms with Crippen LogP contribution in [0.1, 0.15) is 33.3 Å². The second kappa shape index (κ2) is 5.76. The number of para-hydroxylation sites is 1. The van der Waals surface area contributed by atoms with E-state index in [2.05, 4.69) is 67.6 Å². The molecule has 2 rings (SSSR count). The van der Waals surface area contributed by atoms with Crippen molar-refractivity contribution in [2.24, 2.45) is 0 Å². The van der Waals surface area contributed by atoms with Crippen molar-refractivity contribution in [3.8, 4) is 0 Å². The molecular weight excluding hydrogens is 234 g/mol. The Kier molecular flexibility index (Phi) is 4.27. The predicted molar refractivity (Wildman–Crippen MR) is 82.4 cm³/mol. The Morgan fingerprint density at radius 3 is 2.74 bits per heavy atom. The van der Waals surface area contributed by atoms with Gasteiger partial charge in [0.15, 0.2) is 0 Å². The minimum atomic E-state index is 0.176. The molecule has 1 heterocycles. The molecule has 3 heteroatoms. The maximum Gasteiger partial charge on any atom is 0.0499 e. The van der Waals surface area contributed by atoms with Gasteiger partial charge < -0.3 is 15.6 Å². The Bertz CT molecular complexity index is 522. The van der Waals surface area contributed by atoms with Gasteiger partial charge in [-0.15, -0.1) is 0 Å². The van der Waals surface area contributed by atoms with Gasteiger partial charge in [0, 0.05) is 36.4 Å². The highest BCUT2D eigenvalue weighted by atomic mass is 15.0. The van der Waals surface area contributed by atoms with Gasteiger partial charge in [-0.25, -0.2) is 0 Å². The molecule has 1 aromatic carbocycles. The third-order valence-electron chi connectivity index (χ3n) is 3.25. The van der Waals surface area contributed by atoms with Crippen LogP contribution in [0.3, 0.4) is 0 Å². The number of rotatable bonds is 5. The molecule has 3 N–H and O–H groups in total. The quantitative estimate of drug-likeness (QED) is 0.772. The lowest BCUT2D eigenvalue weighted by Gasteiger charge is -2.24. The number of aromatic nitrogens is 1. The summed E-state index contributed by atoms with van der Waals surface area (Å²) in [5, 5.41) is 8.37. The number of fused-ring (bicyclic) bond motifs is 1. The minimum absolute atomic E-state index is 0.176. The molecule has 0 spiro atoms. The summed E-state index contributed by atoms with van der Waals surface area (Å²) in [7, 11) is 0. The SMILES string of the molecule is CC(CNC(C)(C)C)NCc1cccc2cc[nH]c12. The second-order valence-electron chi connectivity index (χ2n) is 6.27. The van der Waals surface area contributed by atoms with Crippen LogP contribution in [0.5, 0.6) is 0 Å². The molecule has 0 aliphatic carbocycles. The van der Waals surface area contributed by atoms with Crippen LogP contribution in [0.4, 0.5) is 0 Å². The van der Waals surface area contributed by atoms with Crippen LogP contribution >= 0.6 is 0 Å². The summed E-state index contributed by atoms with van der Waals surface area (Å²) in [6, 6.07) is 8.99. The monoisotopic (exact) mass is 259 g/mol. The molecule has 1 aromatic heterocycles. The molecule has 0 fully saturated rings. The van der Waals surface area contributed by atoms with Gasteiger partial charge in [-0.2, -0.15) is 0 Å². The van der Waals surface area contributed by atoms with E-state index >= 15 is 0 Å². The van der Waals surface area contributed by atoms with Crippen molar-refractivity contribution in [3.05, 3.63) is 36.0 Å². The van der Waals surface area contributed by atoms with Crippen LogP contribution in [0.15, 0.2) is 30.5 Å². The van der Waals surface area contributed by atoms with E-state index < -0.39 is 0 Å². The highest BCUT2D eigenvalue weighted by Crippen LogP contribution is 2.16. The van der Waals surface area contributed by atoms with Crippen molar-refractivity contribution in [3.63, 3.8) is 0 Å². The summed E-state index contributed by atoms with van der Waals surface area (Å²) in [5.74, 6) is 0. The Hall–Kier alpha value is -1.32. The van der Waals surface area contributed by atoms with Crippen LogP contribution in [0.2, 0.25) is 0 Å². The number of benzene rings is 1. The number of nitrogens with one attached hydrogen (secondary N) is 3. The summed E-state index contributed by atoms with van der Waals surface area (Å²) in [5.41, 5.74) is 2.74. The van der Waals surface area contributed by atoms with E-state index in [-0.39, 0.29) is 5.54 Å². The Morgan fingerprint density at radius 1 is 1.21 bits per heavy atom. The highest BCUT2D eigenvalue weighted by Gasteiger charge is 2.11. The number of hydrogen-bond donors (Lipinski definition) is 3. The van der Waals surface area contributed by atoms with Gasteiger partial charge in [0.1, 0.15) is 0 Å². The van der Waals surface area contributed by atoms with E-state index in [4.69, 9.17) is 0 Å². The van der Waals surface area contributed by atoms with Crippen molar-refractivity contribution in [2.45, 2.75) is 45.8 Å². The van der Waals surface area contributed by atoms with E-state index in [1.165, 1.54) is 16.5 Å². The zero-order chi connectivity index (χ0) is 13.9. The van der Waals surface area contributed by atoms with Crippen LogP contribution in [0.25, 0.3) is 10.9 Å². The lowest BCUT2D eigenvalue weighted by atomic mass is 10.1. The van der Waals surface area contributed by atoms with Crippen LogP contribution in [-0.2, 0) is 6.54 Å². The van der Waals surface area contributed by atoms with Crippen LogP contribution in [0, 0.1) is 0 Å². The number of hydrogen-bond acceptors (Lipinski definition) is 2. The standard InChI is InChI=1S/C16H25N3/c1-12(10-19-16(2,3)4)18-11-14-7-5-6-13-8-9-17-15(13)14/h5-9,12,17-19H,10-11H2,1-4H3. The molecule has 104 valence electrons. The fourth-order valence-electron chi connectivity index (χ4n) is 2.11. The van der Waals surface area contributed by atoms with Gasteiger partial charge >= 0.3 is 0 Å². The molecular formula is C16H25N3. The van der Waals surface area contributed by atoms with Crippen molar-refractivity contribution in [2.75, 3.05) is 6.54 Å². The molecule has 0 saturated carbocycles. The number of aromatic amines is 1. The van der Waals surface area contributed by atoms with Crippen molar-refractivity contribution < 1.29 is 0 Å². The molecule has 2 aromatic rings. The maximum absolute atomic E-state index is 3.57. The lowest BCUT2D eigenvalue weighted by molar-refractivity contribution is 0.387. The summed E-state index contributed by atoms with van der Waals surface area (Å²) in [6.07, 6.45) is 2.00. The second-order valence-corrected chi connectivity index (χ2v) is 6.27. The minimum Gasteiger partial charge on any atom is -0.361 e. The van der Waals surface area contributed by atoms with E-state index in [0.29, 0.717) is 6.04 Å². The van der Waals surface area contributed by atoms with Crippen molar-refractivity contribution in [1.82, 2.24) is 15.6 Å². The molecule has 19 heavy (non-hydrogen) atoms. The van der Waals surface area contributed by atoms with E-state index in [1.807, 2.05) is 6.20 Å². The molecule has 3 nitrogen and oxygen atoms in total. The van der Waals surface area contributed by atoms with E-state index in [0.717, 1.165) is 13.1 Å². The Balaban J connectivity index is 1.90. The van der Waals surface area contributed by atoms with Crippen molar-refractivity contribution >= 4 is 10.9 Å². The third kappa shape index (κ3) is 4.08. The molecule has 0 saturated heterocycles. The summed E-state index contributed by atoms with van der Waals surface area (Å²) < 4.78 is 0. The lowest BCUT2D eigenvalue weighted by Crippen LogP contribution is -2.44. The summed E-state index contributed by atoms with van der Waals surface area (Å²) in [6.45, 7) is 10.7. The summed E-state index contributed by atoms with van der Waals surface area (Å²) in [4.78, 5) is 3.31. The van der Waals surface area contributed by atoms with Crippen LogP contribution < -0.4 is 10.6 Å². The van der Waals surface area contributed by atoms with Gasteiger partial charge in [-0.3, -0.25) is 0 Å². The van der Waals surface area contributed by atoms with Crippen molar-refractivity contribution in [1.29, 1.82) is 0 Å². The molecule has 0 bridgehead atoms. The topological polar surface area (TPSA) is 39.8 Å². The Labute approximate surface area is 115 Å². The average molecular weight is 259 g/mol.